The fourth-order valence-electron chi connectivity index (χ4n) is 2.57. The molecular weight excluding hydrogens is 277 g/mol. The van der Waals surface area contributed by atoms with Crippen LogP contribution >= 0.6 is 0 Å². The maximum Gasteiger partial charge on any atom is 0.194 e. The Labute approximate surface area is 122 Å². The van der Waals surface area contributed by atoms with Gasteiger partial charge in [-0.15, -0.1) is 0 Å². The number of rotatable bonds is 2. The predicted octanol–water partition coefficient (Wildman–Crippen LogP) is 4.42. The molecule has 0 aliphatic heterocycles. The molecule has 0 spiro atoms. The van der Waals surface area contributed by atoms with Crippen molar-refractivity contribution in [2.75, 3.05) is 0 Å². The van der Waals surface area contributed by atoms with Crippen molar-refractivity contribution in [3.63, 3.8) is 0 Å². The Morgan fingerprint density at radius 3 is 1.90 bits per heavy atom. The molecule has 2 aromatic rings. The van der Waals surface area contributed by atoms with Crippen LogP contribution in [0.25, 0.3) is 0 Å². The minimum atomic E-state index is -1.56. The highest BCUT2D eigenvalue weighted by Gasteiger charge is 2.24. The third-order valence-corrected chi connectivity index (χ3v) is 4.06. The van der Waals surface area contributed by atoms with Gasteiger partial charge in [-0.3, -0.25) is 0 Å². The van der Waals surface area contributed by atoms with E-state index in [1.165, 1.54) is 0 Å². The van der Waals surface area contributed by atoms with Gasteiger partial charge in [0.25, 0.3) is 0 Å². The third-order valence-electron chi connectivity index (χ3n) is 4.06. The van der Waals surface area contributed by atoms with Gasteiger partial charge in [-0.25, -0.2) is 13.2 Å². The van der Waals surface area contributed by atoms with Crippen LogP contribution in [0.15, 0.2) is 18.2 Å². The van der Waals surface area contributed by atoms with Crippen LogP contribution in [-0.2, 0) is 0 Å². The van der Waals surface area contributed by atoms with Crippen LogP contribution in [0.5, 0.6) is 0 Å². The molecule has 1 N–H and O–H groups in total. The molecule has 0 heterocycles. The number of aryl methyl sites for hydroxylation is 2. The molecule has 4 heteroatoms. The van der Waals surface area contributed by atoms with Crippen LogP contribution in [0, 0.1) is 45.1 Å². The molecule has 1 nitrogen and oxygen atoms in total. The lowest BCUT2D eigenvalue weighted by molar-refractivity contribution is 0.211. The summed E-state index contributed by atoms with van der Waals surface area (Å²) in [5.41, 5.74) is 3.82. The van der Waals surface area contributed by atoms with Crippen LogP contribution in [0.1, 0.15) is 39.5 Å². The van der Waals surface area contributed by atoms with Crippen LogP contribution in [0.2, 0.25) is 0 Å². The second-order valence-electron chi connectivity index (χ2n) is 5.34. The van der Waals surface area contributed by atoms with E-state index < -0.39 is 23.6 Å². The monoisotopic (exact) mass is 294 g/mol. The second-order valence-corrected chi connectivity index (χ2v) is 5.34. The Balaban J connectivity index is 2.66. The molecule has 1 unspecified atom stereocenters. The molecule has 0 fully saturated rings. The number of halogens is 3. The molecule has 2 rings (SSSR count). The maximum absolute atomic E-state index is 13.9. The highest BCUT2D eigenvalue weighted by atomic mass is 19.2. The van der Waals surface area contributed by atoms with E-state index in [-0.39, 0.29) is 5.56 Å². The summed E-state index contributed by atoms with van der Waals surface area (Å²) in [6.45, 7) is 7.41. The third kappa shape index (κ3) is 2.56. The smallest absolute Gasteiger partial charge is 0.194 e. The first kappa shape index (κ1) is 15.6. The standard InChI is InChI=1S/C17H17F3O/c1-8-7-9(2)11(4)14(10(8)3)17(21)12-5-6-13(18)16(20)15(12)19/h5-7,17,21H,1-4H3. The zero-order valence-electron chi connectivity index (χ0n) is 12.4. The lowest BCUT2D eigenvalue weighted by Gasteiger charge is -2.21. The molecule has 0 aliphatic carbocycles. The Morgan fingerprint density at radius 2 is 1.38 bits per heavy atom. The molecular formula is C17H17F3O. The summed E-state index contributed by atoms with van der Waals surface area (Å²) in [6, 6.07) is 3.88. The molecule has 0 saturated heterocycles. The molecule has 0 aliphatic rings. The first-order valence-electron chi connectivity index (χ1n) is 6.64. The van der Waals surface area contributed by atoms with Crippen LogP contribution < -0.4 is 0 Å². The molecule has 0 bridgehead atoms. The summed E-state index contributed by atoms with van der Waals surface area (Å²) < 4.78 is 40.3. The fraction of sp³-hybridized carbons (Fsp3) is 0.294. The fourth-order valence-corrected chi connectivity index (χ4v) is 2.57. The lowest BCUT2D eigenvalue weighted by atomic mass is 9.88. The van der Waals surface area contributed by atoms with Gasteiger partial charge in [-0.2, -0.15) is 0 Å². The van der Waals surface area contributed by atoms with Gasteiger partial charge in [-0.1, -0.05) is 12.1 Å². The molecule has 2 aromatic carbocycles. The molecule has 0 aromatic heterocycles. The van der Waals surface area contributed by atoms with Crippen molar-refractivity contribution in [2.45, 2.75) is 33.8 Å². The SMILES string of the molecule is Cc1cc(C)c(C)c(C(O)c2ccc(F)c(F)c2F)c1C. The molecule has 112 valence electrons. The topological polar surface area (TPSA) is 20.2 Å². The lowest BCUT2D eigenvalue weighted by Crippen LogP contribution is -2.10. The number of benzene rings is 2. The molecule has 1 atom stereocenters. The Bertz CT molecular complexity index is 682. The number of aliphatic hydroxyl groups excluding tert-OH is 1. The Kier molecular flexibility index (Phi) is 4.10. The van der Waals surface area contributed by atoms with Crippen molar-refractivity contribution >= 4 is 0 Å². The van der Waals surface area contributed by atoms with E-state index in [2.05, 4.69) is 0 Å². The summed E-state index contributed by atoms with van der Waals surface area (Å²) >= 11 is 0. The Hall–Kier alpha value is -1.81. The van der Waals surface area contributed by atoms with Crippen molar-refractivity contribution in [2.24, 2.45) is 0 Å². The number of hydrogen-bond acceptors (Lipinski definition) is 1. The van der Waals surface area contributed by atoms with E-state index in [1.807, 2.05) is 33.8 Å². The van der Waals surface area contributed by atoms with Crippen LogP contribution in [0.3, 0.4) is 0 Å². The van der Waals surface area contributed by atoms with Crippen molar-refractivity contribution in [3.8, 4) is 0 Å². The summed E-state index contributed by atoms with van der Waals surface area (Å²) in [4.78, 5) is 0. The quantitative estimate of drug-likeness (QED) is 0.813. The van der Waals surface area contributed by atoms with Crippen molar-refractivity contribution in [3.05, 3.63) is 69.0 Å². The summed E-state index contributed by atoms with van der Waals surface area (Å²) in [5, 5.41) is 10.5. The Morgan fingerprint density at radius 1 is 0.857 bits per heavy atom. The minimum absolute atomic E-state index is 0.259. The van der Waals surface area contributed by atoms with E-state index in [4.69, 9.17) is 0 Å². The van der Waals surface area contributed by atoms with Gasteiger partial charge >= 0.3 is 0 Å². The molecule has 0 radical (unpaired) electrons. The average Bonchev–Trinajstić information content (AvgIpc) is 2.43. The largest absolute Gasteiger partial charge is 0.384 e. The second kappa shape index (κ2) is 5.53. The minimum Gasteiger partial charge on any atom is -0.384 e. The molecule has 0 amide bonds. The highest BCUT2D eigenvalue weighted by molar-refractivity contribution is 5.48. The molecule has 0 saturated carbocycles. The zero-order valence-corrected chi connectivity index (χ0v) is 12.4. The van der Waals surface area contributed by atoms with Gasteiger partial charge < -0.3 is 5.11 Å². The van der Waals surface area contributed by atoms with Crippen LogP contribution in [-0.4, -0.2) is 5.11 Å². The first-order chi connectivity index (χ1) is 9.75. The van der Waals surface area contributed by atoms with Gasteiger partial charge in [0.05, 0.1) is 0 Å². The zero-order chi connectivity index (χ0) is 15.9. The van der Waals surface area contributed by atoms with E-state index >= 15 is 0 Å². The average molecular weight is 294 g/mol. The summed E-state index contributed by atoms with van der Waals surface area (Å²) in [5.74, 6) is -4.18. The number of aliphatic hydroxyl groups is 1. The van der Waals surface area contributed by atoms with Crippen molar-refractivity contribution < 1.29 is 18.3 Å². The number of hydrogen-bond donors (Lipinski definition) is 1. The van der Waals surface area contributed by atoms with E-state index in [0.717, 1.165) is 34.4 Å². The van der Waals surface area contributed by atoms with E-state index in [9.17, 15) is 18.3 Å². The van der Waals surface area contributed by atoms with Gasteiger partial charge in [-0.05, 0) is 61.6 Å². The van der Waals surface area contributed by atoms with Gasteiger partial charge in [0.15, 0.2) is 17.5 Å². The first-order valence-corrected chi connectivity index (χ1v) is 6.64. The van der Waals surface area contributed by atoms with E-state index in [1.54, 1.807) is 0 Å². The highest BCUT2D eigenvalue weighted by Crippen LogP contribution is 2.33. The normalized spacial score (nSPS) is 12.6. The maximum atomic E-state index is 13.9. The summed E-state index contributed by atoms with van der Waals surface area (Å²) in [6.07, 6.45) is -1.33. The van der Waals surface area contributed by atoms with E-state index in [0.29, 0.717) is 5.56 Å². The summed E-state index contributed by atoms with van der Waals surface area (Å²) in [7, 11) is 0. The van der Waals surface area contributed by atoms with Gasteiger partial charge in [0.2, 0.25) is 0 Å². The van der Waals surface area contributed by atoms with Crippen molar-refractivity contribution in [1.29, 1.82) is 0 Å². The molecule has 21 heavy (non-hydrogen) atoms. The van der Waals surface area contributed by atoms with Crippen LogP contribution in [0.4, 0.5) is 13.2 Å². The predicted molar refractivity (Wildman–Crippen MR) is 75.8 cm³/mol. The van der Waals surface area contributed by atoms with Gasteiger partial charge in [0.1, 0.15) is 6.10 Å². The van der Waals surface area contributed by atoms with Crippen molar-refractivity contribution in [1.82, 2.24) is 0 Å². The van der Waals surface area contributed by atoms with Gasteiger partial charge in [0, 0.05) is 5.56 Å².